The normalized spacial score (nSPS) is 15.7. The van der Waals surface area contributed by atoms with Gasteiger partial charge in [0.15, 0.2) is 0 Å². The lowest BCUT2D eigenvalue weighted by atomic mass is 10.2. The third kappa shape index (κ3) is 2.08. The lowest BCUT2D eigenvalue weighted by Crippen LogP contribution is -2.27. The van der Waals surface area contributed by atoms with Crippen LogP contribution < -0.4 is 0 Å². The molecule has 0 N–H and O–H groups in total. The van der Waals surface area contributed by atoms with Gasteiger partial charge in [-0.3, -0.25) is 9.63 Å². The van der Waals surface area contributed by atoms with E-state index in [9.17, 15) is 9.18 Å². The van der Waals surface area contributed by atoms with Crippen LogP contribution in [0.15, 0.2) is 12.3 Å². The van der Waals surface area contributed by atoms with Gasteiger partial charge in [0.2, 0.25) is 0 Å². The Morgan fingerprint density at radius 3 is 3.13 bits per heavy atom. The molecule has 1 aromatic rings. The Balaban J connectivity index is 2.27. The fourth-order valence-electron chi connectivity index (χ4n) is 1.31. The van der Waals surface area contributed by atoms with Gasteiger partial charge in [-0.05, 0) is 12.5 Å². The number of hydroxylamine groups is 2. The van der Waals surface area contributed by atoms with E-state index in [1.807, 2.05) is 0 Å². The van der Waals surface area contributed by atoms with E-state index in [1.165, 1.54) is 5.06 Å². The quantitative estimate of drug-likeness (QED) is 0.689. The van der Waals surface area contributed by atoms with Crippen molar-refractivity contribution in [2.24, 2.45) is 0 Å². The molecule has 4 nitrogen and oxygen atoms in total. The summed E-state index contributed by atoms with van der Waals surface area (Å²) in [6.07, 6.45) is 1.73. The third-order valence-corrected chi connectivity index (χ3v) is 2.32. The van der Waals surface area contributed by atoms with Crippen molar-refractivity contribution in [2.45, 2.75) is 6.42 Å². The number of rotatable bonds is 1. The maximum absolute atomic E-state index is 12.9. The van der Waals surface area contributed by atoms with Gasteiger partial charge in [0.1, 0.15) is 11.0 Å². The van der Waals surface area contributed by atoms with E-state index in [0.29, 0.717) is 13.2 Å². The van der Waals surface area contributed by atoms with Gasteiger partial charge in [-0.2, -0.15) is 0 Å². The van der Waals surface area contributed by atoms with Crippen LogP contribution in [-0.4, -0.2) is 29.1 Å². The monoisotopic (exact) mass is 230 g/mol. The summed E-state index contributed by atoms with van der Waals surface area (Å²) >= 11 is 5.69. The smallest absolute Gasteiger partial charge is 0.271 e. The van der Waals surface area contributed by atoms with E-state index in [1.54, 1.807) is 0 Å². The highest BCUT2D eigenvalue weighted by atomic mass is 35.5. The first kappa shape index (κ1) is 10.3. The van der Waals surface area contributed by atoms with Gasteiger partial charge >= 0.3 is 0 Å². The molecular weight excluding hydrogens is 223 g/mol. The zero-order valence-electron chi connectivity index (χ0n) is 7.74. The highest BCUT2D eigenvalue weighted by Gasteiger charge is 2.23. The molecule has 2 heterocycles. The Hall–Kier alpha value is -1.20. The van der Waals surface area contributed by atoms with Crippen molar-refractivity contribution in [1.29, 1.82) is 0 Å². The molecule has 15 heavy (non-hydrogen) atoms. The molecule has 0 spiro atoms. The lowest BCUT2D eigenvalue weighted by molar-refractivity contribution is -0.0768. The summed E-state index contributed by atoms with van der Waals surface area (Å²) < 4.78 is 12.9. The van der Waals surface area contributed by atoms with Gasteiger partial charge in [0, 0.05) is 0 Å². The fourth-order valence-corrected chi connectivity index (χ4v) is 1.50. The van der Waals surface area contributed by atoms with Crippen LogP contribution in [0.3, 0.4) is 0 Å². The first-order chi connectivity index (χ1) is 7.18. The minimum Gasteiger partial charge on any atom is -0.271 e. The van der Waals surface area contributed by atoms with Crippen LogP contribution in [0.5, 0.6) is 0 Å². The average Bonchev–Trinajstić information content (AvgIpc) is 2.74. The number of carbonyl (C=O) groups is 1. The van der Waals surface area contributed by atoms with Crippen molar-refractivity contribution in [3.05, 3.63) is 28.8 Å². The summed E-state index contributed by atoms with van der Waals surface area (Å²) in [7, 11) is 0. The van der Waals surface area contributed by atoms with Gasteiger partial charge in [0.25, 0.3) is 5.91 Å². The number of pyridine rings is 1. The largest absolute Gasteiger partial charge is 0.280 e. The van der Waals surface area contributed by atoms with E-state index < -0.39 is 11.7 Å². The SMILES string of the molecule is O=C(c1cc(F)cnc1Cl)N1CCCO1. The lowest BCUT2D eigenvalue weighted by Gasteiger charge is -2.13. The number of hydrogen-bond donors (Lipinski definition) is 0. The molecule has 1 aliphatic heterocycles. The molecule has 0 aromatic carbocycles. The molecule has 0 aliphatic carbocycles. The predicted octanol–water partition coefficient (Wildman–Crippen LogP) is 1.65. The Morgan fingerprint density at radius 2 is 2.47 bits per heavy atom. The zero-order chi connectivity index (χ0) is 10.8. The zero-order valence-corrected chi connectivity index (χ0v) is 8.50. The average molecular weight is 231 g/mol. The van der Waals surface area contributed by atoms with Crippen LogP contribution in [0.4, 0.5) is 4.39 Å². The van der Waals surface area contributed by atoms with Crippen molar-refractivity contribution < 1.29 is 14.0 Å². The van der Waals surface area contributed by atoms with Crippen LogP contribution in [0, 0.1) is 5.82 Å². The van der Waals surface area contributed by atoms with Crippen LogP contribution in [0.2, 0.25) is 5.15 Å². The van der Waals surface area contributed by atoms with Crippen molar-refractivity contribution in [1.82, 2.24) is 10.0 Å². The van der Waals surface area contributed by atoms with E-state index in [-0.39, 0.29) is 10.7 Å². The van der Waals surface area contributed by atoms with Crippen molar-refractivity contribution >= 4 is 17.5 Å². The molecule has 0 radical (unpaired) electrons. The Bertz CT molecular complexity index is 394. The third-order valence-electron chi connectivity index (χ3n) is 2.02. The minimum atomic E-state index is -0.595. The van der Waals surface area contributed by atoms with Gasteiger partial charge in [-0.25, -0.2) is 14.4 Å². The van der Waals surface area contributed by atoms with E-state index in [2.05, 4.69) is 4.98 Å². The molecule has 1 amide bonds. The molecule has 0 bridgehead atoms. The summed E-state index contributed by atoms with van der Waals surface area (Å²) in [5.74, 6) is -1.05. The molecule has 0 unspecified atom stereocenters. The van der Waals surface area contributed by atoms with Gasteiger partial charge in [-0.1, -0.05) is 11.6 Å². The highest BCUT2D eigenvalue weighted by molar-refractivity contribution is 6.32. The Morgan fingerprint density at radius 1 is 1.67 bits per heavy atom. The summed E-state index contributed by atoms with van der Waals surface area (Å²) in [4.78, 5) is 20.3. The number of nitrogens with zero attached hydrogens (tertiary/aromatic N) is 2. The first-order valence-corrected chi connectivity index (χ1v) is 4.82. The van der Waals surface area contributed by atoms with E-state index in [4.69, 9.17) is 16.4 Å². The summed E-state index contributed by atoms with van der Waals surface area (Å²) in [5, 5.41) is 1.15. The number of aromatic nitrogens is 1. The van der Waals surface area contributed by atoms with Crippen LogP contribution in [0.1, 0.15) is 16.8 Å². The van der Waals surface area contributed by atoms with E-state index >= 15 is 0 Å². The van der Waals surface area contributed by atoms with Crippen LogP contribution in [0.25, 0.3) is 0 Å². The second-order valence-corrected chi connectivity index (χ2v) is 3.44. The summed E-state index contributed by atoms with van der Waals surface area (Å²) in [5.41, 5.74) is 0.0265. The Labute approximate surface area is 90.6 Å². The topological polar surface area (TPSA) is 42.4 Å². The Kier molecular flexibility index (Phi) is 2.83. The molecule has 1 aliphatic rings. The predicted molar refractivity (Wildman–Crippen MR) is 50.8 cm³/mol. The molecule has 1 saturated heterocycles. The van der Waals surface area contributed by atoms with Crippen molar-refractivity contribution in [3.63, 3.8) is 0 Å². The molecular formula is C9H8ClFN2O2. The van der Waals surface area contributed by atoms with Crippen molar-refractivity contribution in [3.8, 4) is 0 Å². The second kappa shape index (κ2) is 4.12. The maximum Gasteiger partial charge on any atom is 0.280 e. The number of carbonyl (C=O) groups excluding carboxylic acids is 1. The number of halogens is 2. The minimum absolute atomic E-state index is 0.0168. The molecule has 1 aromatic heterocycles. The molecule has 80 valence electrons. The molecule has 2 rings (SSSR count). The first-order valence-electron chi connectivity index (χ1n) is 4.44. The van der Waals surface area contributed by atoms with Crippen LogP contribution >= 0.6 is 11.6 Å². The highest BCUT2D eigenvalue weighted by Crippen LogP contribution is 2.18. The summed E-state index contributed by atoms with van der Waals surface area (Å²) in [6.45, 7) is 0.984. The van der Waals surface area contributed by atoms with Gasteiger partial charge in [0.05, 0.1) is 24.9 Å². The van der Waals surface area contributed by atoms with Crippen LogP contribution in [-0.2, 0) is 4.84 Å². The molecule has 1 fully saturated rings. The number of amides is 1. The number of hydrogen-bond acceptors (Lipinski definition) is 3. The standard InChI is InChI=1S/C9H8ClFN2O2/c10-8-7(4-6(11)5-12-8)9(14)13-2-1-3-15-13/h4-5H,1-3H2. The maximum atomic E-state index is 12.9. The van der Waals surface area contributed by atoms with E-state index in [0.717, 1.165) is 18.7 Å². The summed E-state index contributed by atoms with van der Waals surface area (Å²) in [6, 6.07) is 1.05. The van der Waals surface area contributed by atoms with Gasteiger partial charge in [-0.15, -0.1) is 0 Å². The second-order valence-electron chi connectivity index (χ2n) is 3.09. The van der Waals surface area contributed by atoms with Gasteiger partial charge < -0.3 is 0 Å². The molecule has 0 saturated carbocycles. The van der Waals surface area contributed by atoms with Crippen molar-refractivity contribution in [2.75, 3.05) is 13.2 Å². The molecule has 0 atom stereocenters. The molecule has 6 heteroatoms. The fraction of sp³-hybridized carbons (Fsp3) is 0.333.